The number of carbonyl (C=O) groups is 4. The van der Waals surface area contributed by atoms with Gasteiger partial charge in [-0.2, -0.15) is 0 Å². The van der Waals surface area contributed by atoms with Crippen molar-refractivity contribution in [3.63, 3.8) is 0 Å². The number of fused-ring (bicyclic) bond motifs is 1. The Labute approximate surface area is 368 Å². The van der Waals surface area contributed by atoms with E-state index in [0.717, 1.165) is 44.0 Å². The minimum absolute atomic E-state index is 0. The number of thioether (sulfide) groups is 1. The second kappa shape index (κ2) is 19.5. The summed E-state index contributed by atoms with van der Waals surface area (Å²) in [5.41, 5.74) is 2.48. The quantitative estimate of drug-likeness (QED) is 0.0401. The predicted octanol–water partition coefficient (Wildman–Crippen LogP) is 3.05. The molecule has 3 amide bonds. The van der Waals surface area contributed by atoms with Gasteiger partial charge in [0.15, 0.2) is 16.9 Å². The Balaban J connectivity index is 0.00000561. The molecule has 1 fully saturated rings. The number of benzene rings is 5. The molecule has 2 aliphatic heterocycles. The summed E-state index contributed by atoms with van der Waals surface area (Å²) in [5, 5.41) is 13.7. The van der Waals surface area contributed by atoms with Gasteiger partial charge >= 0.3 is 5.97 Å². The molecule has 0 bridgehead atoms. The van der Waals surface area contributed by atoms with Crippen LogP contribution < -0.4 is 39.0 Å². The minimum Gasteiger partial charge on any atom is -1.00 e. The van der Waals surface area contributed by atoms with Gasteiger partial charge in [0.25, 0.3) is 11.8 Å². The third-order valence-corrected chi connectivity index (χ3v) is 16.8. The van der Waals surface area contributed by atoms with Crippen LogP contribution in [0, 0.1) is 0 Å². The number of aromatic nitrogens is 1. The van der Waals surface area contributed by atoms with Gasteiger partial charge in [0.05, 0.1) is 6.16 Å². The zero-order chi connectivity index (χ0) is 41.5. The maximum Gasteiger partial charge on any atom is 0.356 e. The molecule has 2 N–H and O–H groups in total. The molecule has 61 heavy (non-hydrogen) atoms. The summed E-state index contributed by atoms with van der Waals surface area (Å²) in [5.74, 6) is -1.43. The summed E-state index contributed by atoms with van der Waals surface area (Å²) in [6.45, 7) is 0. The summed E-state index contributed by atoms with van der Waals surface area (Å²) < 4.78 is 6.54. The summed E-state index contributed by atoms with van der Waals surface area (Å²) in [6.07, 6.45) is 0.161. The average Bonchev–Trinajstić information content (AvgIpc) is 3.77. The first-order valence-electron chi connectivity index (χ1n) is 19.0. The van der Waals surface area contributed by atoms with Crippen LogP contribution in [0.3, 0.4) is 0 Å². The van der Waals surface area contributed by atoms with Gasteiger partial charge in [0.2, 0.25) is 6.41 Å². The van der Waals surface area contributed by atoms with Gasteiger partial charge < -0.3 is 32.6 Å². The molecule has 8 rings (SSSR count). The molecule has 2 aliphatic rings. The van der Waals surface area contributed by atoms with E-state index in [4.69, 9.17) is 9.57 Å². The van der Waals surface area contributed by atoms with E-state index < -0.39 is 42.6 Å². The van der Waals surface area contributed by atoms with Crippen LogP contribution in [0.2, 0.25) is 0 Å². The Morgan fingerprint density at radius 2 is 1.34 bits per heavy atom. The standard InChI is InChI=1S/C46H38N5O6PS2.ClH/c1-56-50-38(37-29-60-46(48-37)47-30-52)42(53)49-39-43(54)51-40(45(55)57-41(31-17-7-2-8-18-31)32-19-9-3-10-20-32)33(28-59-44(39)51)27-58(34-21-11-4-12-22-34,35-23-13-5-14-24-35)36-25-15-6-16-26-36;/h2-26,29-30,39,41,44H,27-28H2,1H3,(H-,47,48,49,52,53);1H/t39?,44-;/m0./s1. The summed E-state index contributed by atoms with van der Waals surface area (Å²) in [4.78, 5) is 65.2. The molecule has 1 saturated heterocycles. The lowest BCUT2D eigenvalue weighted by molar-refractivity contribution is -0.154. The van der Waals surface area contributed by atoms with Crippen molar-refractivity contribution in [2.24, 2.45) is 5.16 Å². The van der Waals surface area contributed by atoms with Gasteiger partial charge in [-0.05, 0) is 47.5 Å². The number of hydrogen-bond acceptors (Lipinski definition) is 10. The van der Waals surface area contributed by atoms with Crippen molar-refractivity contribution in [1.82, 2.24) is 15.2 Å². The predicted molar refractivity (Wildman–Crippen MR) is 238 cm³/mol. The highest BCUT2D eigenvalue weighted by atomic mass is 35.5. The SMILES string of the molecule is CON=C(C(=O)NC1C(=O)N2C(C(=O)OC(c3ccccc3)c3ccccc3)=C(C[P+](c3ccccc3)(c3ccccc3)c3ccccc3)CS[C@@H]12)c1csc(NC=O)n1.[Cl-]. The first-order valence-corrected chi connectivity index (χ1v) is 22.9. The van der Waals surface area contributed by atoms with Gasteiger partial charge in [0, 0.05) is 16.7 Å². The van der Waals surface area contributed by atoms with E-state index in [1.807, 2.05) is 115 Å². The van der Waals surface area contributed by atoms with Gasteiger partial charge in [-0.15, -0.1) is 23.1 Å². The van der Waals surface area contributed by atoms with E-state index >= 15 is 4.79 Å². The first-order chi connectivity index (χ1) is 29.4. The van der Waals surface area contributed by atoms with E-state index in [1.165, 1.54) is 23.8 Å². The number of ether oxygens (including phenoxy) is 1. The molecular formula is C46H39ClN5O6PS2. The van der Waals surface area contributed by atoms with Crippen LogP contribution in [-0.2, 0) is 28.8 Å². The van der Waals surface area contributed by atoms with Gasteiger partial charge in [-0.3, -0.25) is 19.3 Å². The van der Waals surface area contributed by atoms with Gasteiger partial charge in [-0.1, -0.05) is 120 Å². The number of rotatable bonds is 15. The second-order valence-corrected chi connectivity index (χ2v) is 19.3. The number of nitrogens with one attached hydrogen (secondary N) is 2. The average molecular weight is 888 g/mol. The lowest BCUT2D eigenvalue weighted by Crippen LogP contribution is -3.00. The molecule has 1 unspecified atom stereocenters. The first kappa shape index (κ1) is 43.0. The van der Waals surface area contributed by atoms with Crippen molar-refractivity contribution in [2.75, 3.05) is 24.3 Å². The number of halogens is 1. The number of carbonyl (C=O) groups excluding carboxylic acids is 4. The Kier molecular flexibility index (Phi) is 13.8. The molecule has 308 valence electrons. The Morgan fingerprint density at radius 3 is 1.84 bits per heavy atom. The van der Waals surface area contributed by atoms with Crippen LogP contribution in [0.1, 0.15) is 22.9 Å². The Hall–Kier alpha value is -6.11. The molecule has 5 aromatic carbocycles. The smallest absolute Gasteiger partial charge is 0.356 e. The summed E-state index contributed by atoms with van der Waals surface area (Å²) >= 11 is 2.58. The van der Waals surface area contributed by atoms with Crippen LogP contribution in [0.4, 0.5) is 5.13 Å². The molecule has 15 heteroatoms. The number of amides is 3. The van der Waals surface area contributed by atoms with E-state index in [2.05, 4.69) is 57.2 Å². The van der Waals surface area contributed by atoms with Crippen LogP contribution in [0.25, 0.3) is 0 Å². The number of nitrogens with zero attached hydrogens (tertiary/aromatic N) is 3. The zero-order valence-electron chi connectivity index (χ0n) is 32.7. The lowest BCUT2D eigenvalue weighted by Gasteiger charge is -2.50. The molecule has 6 aromatic rings. The largest absolute Gasteiger partial charge is 1.00 e. The number of hydrogen-bond donors (Lipinski definition) is 2. The third kappa shape index (κ3) is 8.73. The van der Waals surface area contributed by atoms with Gasteiger partial charge in [-0.25, -0.2) is 9.78 Å². The molecule has 3 heterocycles. The maximum absolute atomic E-state index is 15.1. The number of oxime groups is 1. The lowest BCUT2D eigenvalue weighted by atomic mass is 10.0. The number of anilines is 1. The van der Waals surface area contributed by atoms with Crippen LogP contribution >= 0.6 is 30.4 Å². The molecule has 1 aromatic heterocycles. The van der Waals surface area contributed by atoms with Gasteiger partial charge in [0.1, 0.15) is 53.1 Å². The van der Waals surface area contributed by atoms with Crippen molar-refractivity contribution >= 4 is 81.3 Å². The fraction of sp³-hybridized carbons (Fsp3) is 0.130. The zero-order valence-corrected chi connectivity index (χ0v) is 36.0. The number of β-lactam (4-membered cyclic amide) rings is 1. The van der Waals surface area contributed by atoms with Crippen LogP contribution in [0.15, 0.2) is 173 Å². The molecule has 0 spiro atoms. The second-order valence-electron chi connectivity index (χ2n) is 13.8. The van der Waals surface area contributed by atoms with Crippen molar-refractivity contribution in [3.8, 4) is 0 Å². The molecule has 11 nitrogen and oxygen atoms in total. The summed E-state index contributed by atoms with van der Waals surface area (Å²) in [7, 11) is -1.24. The van der Waals surface area contributed by atoms with E-state index in [0.29, 0.717) is 18.3 Å². The van der Waals surface area contributed by atoms with Crippen LogP contribution in [-0.4, -0.2) is 70.2 Å². The fourth-order valence-electron chi connectivity index (χ4n) is 7.60. The summed E-state index contributed by atoms with van der Waals surface area (Å²) in [6, 6.07) is 49.1. The topological polar surface area (TPSA) is 139 Å². The highest BCUT2D eigenvalue weighted by Crippen LogP contribution is 2.58. The number of thiazole rings is 1. The van der Waals surface area contributed by atoms with Crippen molar-refractivity contribution < 1.29 is 41.2 Å². The maximum atomic E-state index is 15.1. The molecule has 0 aliphatic carbocycles. The van der Waals surface area contributed by atoms with Crippen LogP contribution in [0.5, 0.6) is 0 Å². The Bertz CT molecular complexity index is 2410. The van der Waals surface area contributed by atoms with E-state index in [1.54, 1.807) is 5.38 Å². The van der Waals surface area contributed by atoms with E-state index in [-0.39, 0.29) is 34.6 Å². The highest BCUT2D eigenvalue weighted by Gasteiger charge is 2.57. The van der Waals surface area contributed by atoms with Crippen molar-refractivity contribution in [2.45, 2.75) is 17.5 Å². The van der Waals surface area contributed by atoms with Crippen molar-refractivity contribution in [1.29, 1.82) is 0 Å². The molecular weight excluding hydrogens is 849 g/mol. The van der Waals surface area contributed by atoms with E-state index in [9.17, 15) is 14.4 Å². The third-order valence-electron chi connectivity index (χ3n) is 10.3. The normalized spacial score (nSPS) is 16.1. The number of esters is 1. The molecule has 0 saturated carbocycles. The fourth-order valence-corrected chi connectivity index (χ4v) is 14.1. The Morgan fingerprint density at radius 1 is 0.836 bits per heavy atom. The monoisotopic (exact) mass is 887 g/mol. The molecule has 0 radical (unpaired) electrons. The molecule has 2 atom stereocenters. The minimum atomic E-state index is -2.54. The van der Waals surface area contributed by atoms with Crippen molar-refractivity contribution in [3.05, 3.63) is 185 Å². The highest BCUT2D eigenvalue weighted by molar-refractivity contribution is 8.00.